The van der Waals surface area contributed by atoms with Crippen LogP contribution in [0.25, 0.3) is 0 Å². The molecule has 1 unspecified atom stereocenters. The maximum absolute atomic E-state index is 11.8. The van der Waals surface area contributed by atoms with E-state index in [9.17, 15) is 4.79 Å². The molecule has 4 nitrogen and oxygen atoms in total. The molecule has 0 aliphatic heterocycles. The van der Waals surface area contributed by atoms with Crippen molar-refractivity contribution in [1.29, 1.82) is 0 Å². The molecule has 17 heavy (non-hydrogen) atoms. The number of nitrogens with zero attached hydrogens (tertiary/aromatic N) is 1. The molecule has 0 radical (unpaired) electrons. The number of nitrogens with one attached hydrogen (secondary N) is 1. The van der Waals surface area contributed by atoms with Gasteiger partial charge in [0.05, 0.1) is 11.6 Å². The standard InChI is InChI=1S/C12H14N2O2S/c1-7-4-10(9(3)16-7)8(2)14-12(15)11-5-17-6-13-11/h4-6,8H,1-3H3,(H,14,15). The Labute approximate surface area is 104 Å². The Morgan fingerprint density at radius 1 is 1.53 bits per heavy atom. The van der Waals surface area contributed by atoms with Crippen LogP contribution in [0, 0.1) is 13.8 Å². The molecule has 0 fully saturated rings. The van der Waals surface area contributed by atoms with Gasteiger partial charge in [0.2, 0.25) is 0 Å². The lowest BCUT2D eigenvalue weighted by molar-refractivity contribution is 0.0935. The van der Waals surface area contributed by atoms with E-state index in [2.05, 4.69) is 10.3 Å². The molecule has 0 bridgehead atoms. The Balaban J connectivity index is 2.09. The van der Waals surface area contributed by atoms with Crippen LogP contribution in [0.5, 0.6) is 0 Å². The first kappa shape index (κ1) is 11.9. The second-order valence-corrected chi connectivity index (χ2v) is 4.66. The van der Waals surface area contributed by atoms with Crippen molar-refractivity contribution in [1.82, 2.24) is 10.3 Å². The fourth-order valence-electron chi connectivity index (χ4n) is 1.75. The SMILES string of the molecule is Cc1cc(C(C)NC(=O)c2cscn2)c(C)o1. The van der Waals surface area contributed by atoms with Gasteiger partial charge in [0.1, 0.15) is 17.2 Å². The molecule has 1 N–H and O–H groups in total. The van der Waals surface area contributed by atoms with Crippen LogP contribution in [0.3, 0.4) is 0 Å². The predicted octanol–water partition coefficient (Wildman–Crippen LogP) is 2.84. The molecular weight excluding hydrogens is 236 g/mol. The van der Waals surface area contributed by atoms with Gasteiger partial charge in [-0.3, -0.25) is 4.79 Å². The van der Waals surface area contributed by atoms with E-state index in [4.69, 9.17) is 4.42 Å². The smallest absolute Gasteiger partial charge is 0.271 e. The predicted molar refractivity (Wildman–Crippen MR) is 66.2 cm³/mol. The lowest BCUT2D eigenvalue weighted by atomic mass is 10.1. The number of amides is 1. The molecule has 5 heteroatoms. The van der Waals surface area contributed by atoms with Crippen molar-refractivity contribution in [2.24, 2.45) is 0 Å². The van der Waals surface area contributed by atoms with Crippen LogP contribution in [0.2, 0.25) is 0 Å². The highest BCUT2D eigenvalue weighted by atomic mass is 32.1. The largest absolute Gasteiger partial charge is 0.466 e. The Morgan fingerprint density at radius 3 is 2.82 bits per heavy atom. The fraction of sp³-hybridized carbons (Fsp3) is 0.333. The van der Waals surface area contributed by atoms with Gasteiger partial charge in [-0.2, -0.15) is 0 Å². The molecule has 1 amide bonds. The number of hydrogen-bond acceptors (Lipinski definition) is 4. The molecule has 2 aromatic rings. The molecule has 0 aromatic carbocycles. The summed E-state index contributed by atoms with van der Waals surface area (Å²) in [5.74, 6) is 1.54. The van der Waals surface area contributed by atoms with Gasteiger partial charge in [0, 0.05) is 10.9 Å². The second kappa shape index (κ2) is 4.71. The number of hydrogen-bond donors (Lipinski definition) is 1. The zero-order valence-electron chi connectivity index (χ0n) is 9.98. The summed E-state index contributed by atoms with van der Waals surface area (Å²) >= 11 is 1.41. The number of carbonyl (C=O) groups excluding carboxylic acids is 1. The Kier molecular flexibility index (Phi) is 3.28. The summed E-state index contributed by atoms with van der Waals surface area (Å²) in [5.41, 5.74) is 3.11. The quantitative estimate of drug-likeness (QED) is 0.911. The number of thiazole rings is 1. The molecule has 90 valence electrons. The van der Waals surface area contributed by atoms with Crippen molar-refractivity contribution < 1.29 is 9.21 Å². The third-order valence-corrected chi connectivity index (χ3v) is 3.14. The molecule has 2 rings (SSSR count). The lowest BCUT2D eigenvalue weighted by Gasteiger charge is -2.11. The maximum Gasteiger partial charge on any atom is 0.271 e. The minimum Gasteiger partial charge on any atom is -0.466 e. The van der Waals surface area contributed by atoms with E-state index in [1.807, 2.05) is 26.8 Å². The molecule has 0 saturated carbocycles. The molecule has 2 aromatic heterocycles. The van der Waals surface area contributed by atoms with E-state index in [1.165, 1.54) is 11.3 Å². The topological polar surface area (TPSA) is 55.1 Å². The van der Waals surface area contributed by atoms with E-state index < -0.39 is 0 Å². The van der Waals surface area contributed by atoms with Gasteiger partial charge in [-0.05, 0) is 26.8 Å². The van der Waals surface area contributed by atoms with E-state index in [0.717, 1.165) is 17.1 Å². The Bertz CT molecular complexity index is 517. The third-order valence-electron chi connectivity index (χ3n) is 2.56. The van der Waals surface area contributed by atoms with Crippen molar-refractivity contribution in [3.05, 3.63) is 39.7 Å². The van der Waals surface area contributed by atoms with Crippen LogP contribution in [0.4, 0.5) is 0 Å². The summed E-state index contributed by atoms with van der Waals surface area (Å²) in [7, 11) is 0. The first-order chi connectivity index (χ1) is 8.08. The van der Waals surface area contributed by atoms with Gasteiger partial charge in [-0.25, -0.2) is 4.98 Å². The van der Waals surface area contributed by atoms with Crippen molar-refractivity contribution in [3.63, 3.8) is 0 Å². The number of carbonyl (C=O) groups is 1. The average Bonchev–Trinajstić information content (AvgIpc) is 2.87. The molecule has 0 aliphatic carbocycles. The molecule has 1 atom stereocenters. The first-order valence-electron chi connectivity index (χ1n) is 5.34. The zero-order chi connectivity index (χ0) is 12.4. The minimum atomic E-state index is -0.156. The van der Waals surface area contributed by atoms with Gasteiger partial charge in [-0.15, -0.1) is 11.3 Å². The summed E-state index contributed by atoms with van der Waals surface area (Å²) in [4.78, 5) is 15.8. The highest BCUT2D eigenvalue weighted by Gasteiger charge is 2.16. The van der Waals surface area contributed by atoms with E-state index >= 15 is 0 Å². The highest BCUT2D eigenvalue weighted by molar-refractivity contribution is 7.07. The van der Waals surface area contributed by atoms with Gasteiger partial charge in [0.15, 0.2) is 0 Å². The number of furan rings is 1. The monoisotopic (exact) mass is 250 g/mol. The number of rotatable bonds is 3. The van der Waals surface area contributed by atoms with Crippen LogP contribution in [0.15, 0.2) is 21.4 Å². The van der Waals surface area contributed by atoms with Gasteiger partial charge >= 0.3 is 0 Å². The Hall–Kier alpha value is -1.62. The molecule has 0 aliphatic rings. The van der Waals surface area contributed by atoms with E-state index in [0.29, 0.717) is 5.69 Å². The van der Waals surface area contributed by atoms with E-state index in [-0.39, 0.29) is 11.9 Å². The van der Waals surface area contributed by atoms with Crippen molar-refractivity contribution in [2.45, 2.75) is 26.8 Å². The van der Waals surface area contributed by atoms with Crippen molar-refractivity contribution >= 4 is 17.2 Å². The lowest BCUT2D eigenvalue weighted by Crippen LogP contribution is -2.26. The van der Waals surface area contributed by atoms with Gasteiger partial charge in [0.25, 0.3) is 5.91 Å². The van der Waals surface area contributed by atoms with Crippen LogP contribution >= 0.6 is 11.3 Å². The summed E-state index contributed by atoms with van der Waals surface area (Å²) in [5, 5.41) is 4.63. The Morgan fingerprint density at radius 2 is 2.29 bits per heavy atom. The fourth-order valence-corrected chi connectivity index (χ4v) is 2.29. The summed E-state index contributed by atoms with van der Waals surface area (Å²) in [6, 6.07) is 1.86. The molecule has 0 saturated heterocycles. The van der Waals surface area contributed by atoms with Gasteiger partial charge in [-0.1, -0.05) is 0 Å². The van der Waals surface area contributed by atoms with Crippen LogP contribution in [0.1, 0.15) is 40.5 Å². The summed E-state index contributed by atoms with van der Waals surface area (Å²) < 4.78 is 5.44. The highest BCUT2D eigenvalue weighted by Crippen LogP contribution is 2.21. The van der Waals surface area contributed by atoms with E-state index in [1.54, 1.807) is 10.9 Å². The molecular formula is C12H14N2O2S. The summed E-state index contributed by atoms with van der Waals surface area (Å²) in [6.07, 6.45) is 0. The van der Waals surface area contributed by atoms with Crippen LogP contribution < -0.4 is 5.32 Å². The second-order valence-electron chi connectivity index (χ2n) is 3.94. The van der Waals surface area contributed by atoms with Crippen molar-refractivity contribution in [2.75, 3.05) is 0 Å². The first-order valence-corrected chi connectivity index (χ1v) is 6.28. The summed E-state index contributed by atoms with van der Waals surface area (Å²) in [6.45, 7) is 5.72. The normalized spacial score (nSPS) is 12.4. The van der Waals surface area contributed by atoms with Crippen LogP contribution in [-0.2, 0) is 0 Å². The number of aryl methyl sites for hydroxylation is 2. The average molecular weight is 250 g/mol. The number of aromatic nitrogens is 1. The maximum atomic E-state index is 11.8. The third kappa shape index (κ3) is 2.55. The zero-order valence-corrected chi connectivity index (χ0v) is 10.8. The van der Waals surface area contributed by atoms with Crippen LogP contribution in [-0.4, -0.2) is 10.9 Å². The van der Waals surface area contributed by atoms with Crippen molar-refractivity contribution in [3.8, 4) is 0 Å². The van der Waals surface area contributed by atoms with Gasteiger partial charge < -0.3 is 9.73 Å². The minimum absolute atomic E-state index is 0.0818. The molecule has 2 heterocycles. The molecule has 0 spiro atoms.